The van der Waals surface area contributed by atoms with Crippen LogP contribution in [0.4, 0.5) is 0 Å². The second-order valence-corrected chi connectivity index (χ2v) is 5.20. The molecule has 0 aliphatic rings. The molecule has 1 heterocycles. The monoisotopic (exact) mass is 307 g/mol. The standard InChI is InChI=1S/C18H17N3O2/c1-13(14-7-4-3-5-8-14)21-18(17(12-22)19-20-21)15-9-6-10-16(11-15)23-2/h3-13H,1-2H3. The molecule has 1 atom stereocenters. The summed E-state index contributed by atoms with van der Waals surface area (Å²) in [5.74, 6) is 0.722. The minimum absolute atomic E-state index is 0.0430. The normalized spacial score (nSPS) is 11.9. The lowest BCUT2D eigenvalue weighted by Gasteiger charge is -2.15. The fraction of sp³-hybridized carbons (Fsp3) is 0.167. The van der Waals surface area contributed by atoms with Crippen molar-refractivity contribution in [3.05, 3.63) is 65.9 Å². The van der Waals surface area contributed by atoms with Gasteiger partial charge in [0.15, 0.2) is 12.0 Å². The van der Waals surface area contributed by atoms with E-state index in [0.717, 1.165) is 23.2 Å². The average Bonchev–Trinajstić information content (AvgIpc) is 3.06. The quantitative estimate of drug-likeness (QED) is 0.678. The van der Waals surface area contributed by atoms with Gasteiger partial charge in [0, 0.05) is 5.56 Å². The summed E-state index contributed by atoms with van der Waals surface area (Å²) in [6.45, 7) is 2.03. The van der Waals surface area contributed by atoms with E-state index >= 15 is 0 Å². The molecule has 0 aliphatic carbocycles. The summed E-state index contributed by atoms with van der Waals surface area (Å²) in [5.41, 5.74) is 2.95. The molecule has 0 saturated heterocycles. The van der Waals surface area contributed by atoms with E-state index in [1.165, 1.54) is 0 Å². The smallest absolute Gasteiger partial charge is 0.172 e. The molecule has 3 rings (SSSR count). The number of hydrogen-bond acceptors (Lipinski definition) is 4. The number of carbonyl (C=O) groups is 1. The lowest BCUT2D eigenvalue weighted by Crippen LogP contribution is -2.10. The highest BCUT2D eigenvalue weighted by atomic mass is 16.5. The van der Waals surface area contributed by atoms with E-state index in [-0.39, 0.29) is 6.04 Å². The van der Waals surface area contributed by atoms with Gasteiger partial charge in [-0.2, -0.15) is 0 Å². The Balaban J connectivity index is 2.12. The zero-order valence-electron chi connectivity index (χ0n) is 13.0. The van der Waals surface area contributed by atoms with E-state index in [9.17, 15) is 4.79 Å². The van der Waals surface area contributed by atoms with Crippen molar-refractivity contribution in [1.29, 1.82) is 0 Å². The van der Waals surface area contributed by atoms with Gasteiger partial charge in [0.25, 0.3) is 0 Å². The van der Waals surface area contributed by atoms with Gasteiger partial charge in [-0.15, -0.1) is 5.10 Å². The number of benzene rings is 2. The van der Waals surface area contributed by atoms with Crippen LogP contribution in [0.1, 0.15) is 29.0 Å². The Morgan fingerprint density at radius 3 is 2.61 bits per heavy atom. The summed E-state index contributed by atoms with van der Waals surface area (Å²) in [6.07, 6.45) is 0.732. The topological polar surface area (TPSA) is 57.0 Å². The summed E-state index contributed by atoms with van der Waals surface area (Å²) in [4.78, 5) is 11.4. The van der Waals surface area contributed by atoms with Crippen LogP contribution in [0.2, 0.25) is 0 Å². The third-order valence-electron chi connectivity index (χ3n) is 3.82. The molecule has 3 aromatic rings. The summed E-state index contributed by atoms with van der Waals surface area (Å²) >= 11 is 0. The van der Waals surface area contributed by atoms with Gasteiger partial charge in [-0.1, -0.05) is 47.7 Å². The van der Waals surface area contributed by atoms with Crippen LogP contribution in [-0.2, 0) is 0 Å². The maximum Gasteiger partial charge on any atom is 0.172 e. The number of rotatable bonds is 5. The van der Waals surface area contributed by atoms with Gasteiger partial charge < -0.3 is 4.74 Å². The molecule has 1 unspecified atom stereocenters. The van der Waals surface area contributed by atoms with Gasteiger partial charge >= 0.3 is 0 Å². The number of ether oxygens (including phenoxy) is 1. The molecule has 2 aromatic carbocycles. The molecule has 0 radical (unpaired) electrons. The Morgan fingerprint density at radius 2 is 1.91 bits per heavy atom. The number of aldehydes is 1. The lowest BCUT2D eigenvalue weighted by atomic mass is 10.1. The number of carbonyl (C=O) groups excluding carboxylic acids is 1. The van der Waals surface area contributed by atoms with E-state index in [2.05, 4.69) is 10.3 Å². The maximum atomic E-state index is 11.4. The fourth-order valence-electron chi connectivity index (χ4n) is 2.58. The Kier molecular flexibility index (Phi) is 4.19. The van der Waals surface area contributed by atoms with E-state index in [1.54, 1.807) is 11.8 Å². The van der Waals surface area contributed by atoms with Crippen LogP contribution in [0.3, 0.4) is 0 Å². The summed E-state index contributed by atoms with van der Waals surface area (Å²) in [5, 5.41) is 8.21. The van der Waals surface area contributed by atoms with Crippen LogP contribution >= 0.6 is 0 Å². The summed E-state index contributed by atoms with van der Waals surface area (Å²) in [7, 11) is 1.61. The zero-order valence-corrected chi connectivity index (χ0v) is 13.0. The van der Waals surface area contributed by atoms with Crippen molar-refractivity contribution in [1.82, 2.24) is 15.0 Å². The first kappa shape index (κ1) is 15.0. The molecule has 0 amide bonds. The number of hydrogen-bond donors (Lipinski definition) is 0. The second kappa shape index (κ2) is 6.44. The van der Waals surface area contributed by atoms with Crippen molar-refractivity contribution in [3.8, 4) is 17.0 Å². The third kappa shape index (κ3) is 2.85. The van der Waals surface area contributed by atoms with Crippen molar-refractivity contribution in [3.63, 3.8) is 0 Å². The van der Waals surface area contributed by atoms with Gasteiger partial charge in [-0.25, -0.2) is 4.68 Å². The predicted molar refractivity (Wildman–Crippen MR) is 87.7 cm³/mol. The van der Waals surface area contributed by atoms with Crippen LogP contribution in [0.5, 0.6) is 5.75 Å². The van der Waals surface area contributed by atoms with Gasteiger partial charge in [-0.05, 0) is 24.6 Å². The van der Waals surface area contributed by atoms with Crippen molar-refractivity contribution in [2.24, 2.45) is 0 Å². The molecule has 5 nitrogen and oxygen atoms in total. The van der Waals surface area contributed by atoms with Crippen LogP contribution in [0.15, 0.2) is 54.6 Å². The minimum atomic E-state index is -0.0430. The fourth-order valence-corrected chi connectivity index (χ4v) is 2.58. The molecule has 23 heavy (non-hydrogen) atoms. The van der Waals surface area contributed by atoms with Crippen LogP contribution in [-0.4, -0.2) is 28.4 Å². The van der Waals surface area contributed by atoms with Gasteiger partial charge in [-0.3, -0.25) is 4.79 Å². The minimum Gasteiger partial charge on any atom is -0.497 e. The van der Waals surface area contributed by atoms with Gasteiger partial charge in [0.2, 0.25) is 0 Å². The van der Waals surface area contributed by atoms with Gasteiger partial charge in [0.1, 0.15) is 11.4 Å². The highest BCUT2D eigenvalue weighted by Gasteiger charge is 2.19. The van der Waals surface area contributed by atoms with Gasteiger partial charge in [0.05, 0.1) is 13.2 Å². The second-order valence-electron chi connectivity index (χ2n) is 5.20. The van der Waals surface area contributed by atoms with Crippen LogP contribution in [0.25, 0.3) is 11.3 Å². The van der Waals surface area contributed by atoms with Crippen molar-refractivity contribution < 1.29 is 9.53 Å². The molecule has 0 bridgehead atoms. The number of methoxy groups -OCH3 is 1. The average molecular weight is 307 g/mol. The summed E-state index contributed by atoms with van der Waals surface area (Å²) in [6, 6.07) is 17.5. The first-order valence-corrected chi connectivity index (χ1v) is 7.34. The Morgan fingerprint density at radius 1 is 1.13 bits per heavy atom. The molecular weight excluding hydrogens is 290 g/mol. The van der Waals surface area contributed by atoms with E-state index in [0.29, 0.717) is 11.4 Å². The Labute approximate surface area is 134 Å². The molecule has 0 spiro atoms. The number of nitrogens with zero attached hydrogens (tertiary/aromatic N) is 3. The third-order valence-corrected chi connectivity index (χ3v) is 3.82. The molecule has 116 valence electrons. The molecule has 5 heteroatoms. The molecule has 0 aliphatic heterocycles. The molecule has 0 fully saturated rings. The molecule has 1 aromatic heterocycles. The maximum absolute atomic E-state index is 11.4. The summed E-state index contributed by atoms with van der Waals surface area (Å²) < 4.78 is 7.04. The van der Waals surface area contributed by atoms with Crippen molar-refractivity contribution in [2.45, 2.75) is 13.0 Å². The Bertz CT molecular complexity index is 812. The van der Waals surface area contributed by atoms with Crippen LogP contribution < -0.4 is 4.74 Å². The molecular formula is C18H17N3O2. The predicted octanol–water partition coefficient (Wildman–Crippen LogP) is 3.38. The molecule has 0 N–H and O–H groups in total. The van der Waals surface area contributed by atoms with Crippen molar-refractivity contribution in [2.75, 3.05) is 7.11 Å². The molecule has 0 saturated carbocycles. The first-order chi connectivity index (χ1) is 11.2. The van der Waals surface area contributed by atoms with E-state index in [1.807, 2.05) is 61.5 Å². The number of aromatic nitrogens is 3. The van der Waals surface area contributed by atoms with E-state index < -0.39 is 0 Å². The Hall–Kier alpha value is -2.95. The SMILES string of the molecule is COc1cccc(-c2c(C=O)nnn2C(C)c2ccccc2)c1. The van der Waals surface area contributed by atoms with E-state index in [4.69, 9.17) is 4.74 Å². The van der Waals surface area contributed by atoms with Crippen molar-refractivity contribution >= 4 is 6.29 Å². The van der Waals surface area contributed by atoms with Crippen LogP contribution in [0, 0.1) is 0 Å². The lowest BCUT2D eigenvalue weighted by molar-refractivity contribution is 0.111. The largest absolute Gasteiger partial charge is 0.497 e. The highest BCUT2D eigenvalue weighted by molar-refractivity contribution is 5.83. The highest BCUT2D eigenvalue weighted by Crippen LogP contribution is 2.29. The zero-order chi connectivity index (χ0) is 16.2. The first-order valence-electron chi connectivity index (χ1n) is 7.34.